The maximum atomic E-state index is 12.8. The SMILES string of the molecule is N#Cc1c(C(N)=O)c2n(c1C1CCOCC1)CCN(C(=O)Nc1ccc(C(F)(F)F)nc1)C2. The van der Waals surface area contributed by atoms with Gasteiger partial charge in [0.15, 0.2) is 0 Å². The molecule has 0 aromatic carbocycles. The summed E-state index contributed by atoms with van der Waals surface area (Å²) in [5, 5.41) is 12.3. The molecule has 0 unspecified atom stereocenters. The van der Waals surface area contributed by atoms with Crippen LogP contribution in [0.5, 0.6) is 0 Å². The largest absolute Gasteiger partial charge is 0.433 e. The number of hydrogen-bond acceptors (Lipinski definition) is 5. The van der Waals surface area contributed by atoms with Crippen molar-refractivity contribution in [3.63, 3.8) is 0 Å². The Balaban J connectivity index is 1.59. The van der Waals surface area contributed by atoms with E-state index < -0.39 is 23.8 Å². The minimum absolute atomic E-state index is 0.0239. The molecule has 1 saturated heterocycles. The summed E-state index contributed by atoms with van der Waals surface area (Å²) in [4.78, 5) is 29.7. The lowest BCUT2D eigenvalue weighted by atomic mass is 9.92. The van der Waals surface area contributed by atoms with Crippen LogP contribution in [-0.2, 0) is 24.0 Å². The number of primary amides is 1. The number of anilines is 1. The van der Waals surface area contributed by atoms with Gasteiger partial charge in [0.25, 0.3) is 5.91 Å². The molecule has 174 valence electrons. The molecule has 0 radical (unpaired) electrons. The van der Waals surface area contributed by atoms with Crippen LogP contribution in [0.1, 0.15) is 51.8 Å². The molecule has 33 heavy (non-hydrogen) atoms. The Bertz CT molecular complexity index is 1110. The van der Waals surface area contributed by atoms with Gasteiger partial charge in [0, 0.05) is 37.9 Å². The molecule has 4 heterocycles. The van der Waals surface area contributed by atoms with E-state index in [0.717, 1.165) is 24.0 Å². The van der Waals surface area contributed by atoms with Crippen molar-refractivity contribution < 1.29 is 27.5 Å². The van der Waals surface area contributed by atoms with Gasteiger partial charge in [0.2, 0.25) is 0 Å². The van der Waals surface area contributed by atoms with Gasteiger partial charge in [-0.2, -0.15) is 18.4 Å². The molecule has 9 nitrogen and oxygen atoms in total. The molecule has 0 bridgehead atoms. The molecule has 0 aliphatic carbocycles. The van der Waals surface area contributed by atoms with Gasteiger partial charge >= 0.3 is 12.2 Å². The van der Waals surface area contributed by atoms with Crippen LogP contribution in [0.15, 0.2) is 18.3 Å². The van der Waals surface area contributed by atoms with Crippen molar-refractivity contribution in [2.75, 3.05) is 25.1 Å². The summed E-state index contributed by atoms with van der Waals surface area (Å²) in [6.07, 6.45) is -2.23. The second-order valence-electron chi connectivity index (χ2n) is 7.88. The van der Waals surface area contributed by atoms with Gasteiger partial charge in [-0.05, 0) is 25.0 Å². The second kappa shape index (κ2) is 8.74. The molecule has 0 saturated carbocycles. The average Bonchev–Trinajstić information content (AvgIpc) is 3.13. The van der Waals surface area contributed by atoms with E-state index in [9.17, 15) is 28.0 Å². The fourth-order valence-corrected chi connectivity index (χ4v) is 4.37. The molecular formula is C21H21F3N6O3. The van der Waals surface area contributed by atoms with Crippen molar-refractivity contribution in [2.24, 2.45) is 5.73 Å². The van der Waals surface area contributed by atoms with Crippen molar-refractivity contribution in [2.45, 2.75) is 38.0 Å². The first-order chi connectivity index (χ1) is 15.7. The lowest BCUT2D eigenvalue weighted by Crippen LogP contribution is -2.41. The zero-order chi connectivity index (χ0) is 23.8. The van der Waals surface area contributed by atoms with Crippen LogP contribution in [0.4, 0.5) is 23.7 Å². The third-order valence-corrected chi connectivity index (χ3v) is 5.90. The Labute approximate surface area is 186 Å². The van der Waals surface area contributed by atoms with Crippen LogP contribution in [0, 0.1) is 11.3 Å². The number of carbonyl (C=O) groups is 2. The summed E-state index contributed by atoms with van der Waals surface area (Å²) >= 11 is 0. The van der Waals surface area contributed by atoms with E-state index in [1.54, 1.807) is 0 Å². The molecule has 3 amide bonds. The minimum atomic E-state index is -4.58. The minimum Gasteiger partial charge on any atom is -0.381 e. The van der Waals surface area contributed by atoms with Crippen LogP contribution in [-0.4, -0.2) is 46.1 Å². The number of alkyl halides is 3. The van der Waals surface area contributed by atoms with Gasteiger partial charge < -0.3 is 25.3 Å². The third kappa shape index (κ3) is 4.36. The lowest BCUT2D eigenvalue weighted by molar-refractivity contribution is -0.141. The number of ether oxygens (including phenoxy) is 1. The van der Waals surface area contributed by atoms with Gasteiger partial charge in [-0.15, -0.1) is 0 Å². The quantitative estimate of drug-likeness (QED) is 0.725. The summed E-state index contributed by atoms with van der Waals surface area (Å²) in [5.74, 6) is -0.707. The number of urea groups is 1. The number of carbonyl (C=O) groups excluding carboxylic acids is 2. The number of aromatic nitrogens is 2. The fourth-order valence-electron chi connectivity index (χ4n) is 4.37. The molecule has 2 aromatic heterocycles. The molecule has 1 fully saturated rings. The monoisotopic (exact) mass is 462 g/mol. The number of fused-ring (bicyclic) bond motifs is 1. The highest BCUT2D eigenvalue weighted by Gasteiger charge is 2.35. The van der Waals surface area contributed by atoms with Crippen molar-refractivity contribution >= 4 is 17.6 Å². The van der Waals surface area contributed by atoms with Gasteiger partial charge in [-0.1, -0.05) is 0 Å². The van der Waals surface area contributed by atoms with E-state index in [0.29, 0.717) is 38.3 Å². The maximum absolute atomic E-state index is 12.8. The predicted molar refractivity (Wildman–Crippen MR) is 109 cm³/mol. The first kappa shape index (κ1) is 22.6. The molecular weight excluding hydrogens is 441 g/mol. The van der Waals surface area contributed by atoms with Crippen molar-refractivity contribution in [1.82, 2.24) is 14.5 Å². The molecule has 2 aromatic rings. The van der Waals surface area contributed by atoms with Crippen LogP contribution >= 0.6 is 0 Å². The lowest BCUT2D eigenvalue weighted by Gasteiger charge is -2.32. The van der Waals surface area contributed by atoms with E-state index in [4.69, 9.17) is 10.5 Å². The summed E-state index contributed by atoms with van der Waals surface area (Å²) in [6.45, 7) is 1.76. The highest BCUT2D eigenvalue weighted by Crippen LogP contribution is 2.36. The average molecular weight is 462 g/mol. The summed E-state index contributed by atoms with van der Waals surface area (Å²) < 4.78 is 45.4. The van der Waals surface area contributed by atoms with Crippen molar-refractivity contribution in [1.29, 1.82) is 5.26 Å². The fraction of sp³-hybridized carbons (Fsp3) is 0.429. The Kier molecular flexibility index (Phi) is 5.99. The van der Waals surface area contributed by atoms with Gasteiger partial charge in [-0.25, -0.2) is 9.78 Å². The van der Waals surface area contributed by atoms with Gasteiger partial charge in [0.1, 0.15) is 11.8 Å². The van der Waals surface area contributed by atoms with E-state index in [-0.39, 0.29) is 35.8 Å². The first-order valence-electron chi connectivity index (χ1n) is 10.3. The van der Waals surface area contributed by atoms with Crippen molar-refractivity contribution in [3.05, 3.63) is 46.5 Å². The molecule has 0 spiro atoms. The number of nitrogens with two attached hydrogens (primary N) is 1. The number of nitrogens with one attached hydrogen (secondary N) is 1. The molecule has 2 aliphatic heterocycles. The Morgan fingerprint density at radius 2 is 1.97 bits per heavy atom. The van der Waals surface area contributed by atoms with Crippen LogP contribution in [0.25, 0.3) is 0 Å². The van der Waals surface area contributed by atoms with Gasteiger partial charge in [0.05, 0.1) is 35.2 Å². The van der Waals surface area contributed by atoms with Crippen LogP contribution < -0.4 is 11.1 Å². The van der Waals surface area contributed by atoms with Gasteiger partial charge in [-0.3, -0.25) is 4.79 Å². The normalized spacial score (nSPS) is 16.7. The topological polar surface area (TPSA) is 126 Å². The molecule has 4 rings (SSSR count). The Hall–Kier alpha value is -3.59. The molecule has 3 N–H and O–H groups in total. The standard InChI is InChI=1S/C21H21F3N6O3/c22-21(23,24)16-2-1-13(10-27-16)28-20(32)29-5-6-30-15(11-29)17(19(26)31)14(9-25)18(30)12-3-7-33-8-4-12/h1-2,10,12H,3-8,11H2,(H2,26,31)(H,28,32). The van der Waals surface area contributed by atoms with Crippen LogP contribution in [0.2, 0.25) is 0 Å². The number of hydrogen-bond donors (Lipinski definition) is 2. The first-order valence-corrected chi connectivity index (χ1v) is 10.3. The Morgan fingerprint density at radius 1 is 1.24 bits per heavy atom. The number of amides is 3. The predicted octanol–water partition coefficient (Wildman–Crippen LogP) is 2.81. The summed E-state index contributed by atoms with van der Waals surface area (Å²) in [5.41, 5.74) is 6.21. The number of pyridine rings is 1. The summed E-state index contributed by atoms with van der Waals surface area (Å²) in [7, 11) is 0. The van der Waals surface area contributed by atoms with Crippen LogP contribution in [0.3, 0.4) is 0 Å². The van der Waals surface area contributed by atoms with E-state index >= 15 is 0 Å². The summed E-state index contributed by atoms with van der Waals surface area (Å²) in [6, 6.07) is 3.45. The number of halogens is 3. The molecule has 2 aliphatic rings. The number of nitrogens with zero attached hydrogens (tertiary/aromatic N) is 4. The Morgan fingerprint density at radius 3 is 2.55 bits per heavy atom. The highest BCUT2D eigenvalue weighted by atomic mass is 19.4. The van der Waals surface area contributed by atoms with Crippen molar-refractivity contribution in [3.8, 4) is 6.07 Å². The third-order valence-electron chi connectivity index (χ3n) is 5.90. The number of nitriles is 1. The zero-order valence-electron chi connectivity index (χ0n) is 17.5. The smallest absolute Gasteiger partial charge is 0.381 e. The van der Waals surface area contributed by atoms with E-state index in [1.165, 1.54) is 4.90 Å². The zero-order valence-corrected chi connectivity index (χ0v) is 17.5. The second-order valence-corrected chi connectivity index (χ2v) is 7.88. The molecule has 12 heteroatoms. The number of rotatable bonds is 3. The highest BCUT2D eigenvalue weighted by molar-refractivity contribution is 5.98. The van der Waals surface area contributed by atoms with E-state index in [1.807, 2.05) is 4.57 Å². The molecule has 0 atom stereocenters. The maximum Gasteiger partial charge on any atom is 0.433 e. The van der Waals surface area contributed by atoms with E-state index in [2.05, 4.69) is 16.4 Å².